The van der Waals surface area contributed by atoms with E-state index in [9.17, 15) is 4.79 Å². The van der Waals surface area contributed by atoms with Crippen molar-refractivity contribution >= 4 is 6.08 Å². The Hall–Kier alpha value is -1.60. The molecular weight excluding hydrogens is 178 g/mol. The number of aliphatic imine (C=N–C) groups is 1. The lowest BCUT2D eigenvalue weighted by Gasteiger charge is -2.01. The predicted molar refractivity (Wildman–Crippen MR) is 52.3 cm³/mol. The van der Waals surface area contributed by atoms with Crippen molar-refractivity contribution in [2.45, 2.75) is 12.8 Å². The zero-order chi connectivity index (χ0) is 9.80. The van der Waals surface area contributed by atoms with Gasteiger partial charge in [-0.1, -0.05) is 12.1 Å². The van der Waals surface area contributed by atoms with Crippen molar-refractivity contribution in [3.8, 4) is 5.75 Å². The van der Waals surface area contributed by atoms with Gasteiger partial charge in [-0.15, -0.1) is 0 Å². The van der Waals surface area contributed by atoms with Gasteiger partial charge < -0.3 is 4.74 Å². The van der Waals surface area contributed by atoms with Crippen molar-refractivity contribution in [1.29, 1.82) is 0 Å². The van der Waals surface area contributed by atoms with E-state index in [4.69, 9.17) is 4.74 Å². The second kappa shape index (κ2) is 4.07. The standard InChI is InChI=1S/C11H11NO2/c13-8-12-5-3-9-1-2-11-10(7-9)4-6-14-11/h1-2,7H,3-6H2. The van der Waals surface area contributed by atoms with Crippen LogP contribution in [0, 0.1) is 0 Å². The van der Waals surface area contributed by atoms with Crippen LogP contribution in [0.4, 0.5) is 0 Å². The highest BCUT2D eigenvalue weighted by molar-refractivity contribution is 5.40. The summed E-state index contributed by atoms with van der Waals surface area (Å²) >= 11 is 0. The number of benzene rings is 1. The van der Waals surface area contributed by atoms with Crippen molar-refractivity contribution < 1.29 is 9.53 Å². The molecule has 0 saturated heterocycles. The molecule has 0 bridgehead atoms. The lowest BCUT2D eigenvalue weighted by Crippen LogP contribution is -1.90. The van der Waals surface area contributed by atoms with Crippen LogP contribution in [-0.4, -0.2) is 19.2 Å². The van der Waals surface area contributed by atoms with Gasteiger partial charge in [-0.3, -0.25) is 0 Å². The van der Waals surface area contributed by atoms with E-state index in [0.29, 0.717) is 6.54 Å². The van der Waals surface area contributed by atoms with Crippen molar-refractivity contribution in [2.75, 3.05) is 13.2 Å². The number of carbonyl (C=O) groups excluding carboxylic acids is 1. The lowest BCUT2D eigenvalue weighted by molar-refractivity contribution is 0.357. The number of isocyanates is 1. The molecule has 0 radical (unpaired) electrons. The van der Waals surface area contributed by atoms with Crippen LogP contribution < -0.4 is 4.74 Å². The fraction of sp³-hybridized carbons (Fsp3) is 0.364. The quantitative estimate of drug-likeness (QED) is 0.534. The molecule has 0 N–H and O–H groups in total. The first-order chi connectivity index (χ1) is 6.90. The van der Waals surface area contributed by atoms with Crippen LogP contribution in [0.15, 0.2) is 23.2 Å². The van der Waals surface area contributed by atoms with Crippen LogP contribution in [0.5, 0.6) is 5.75 Å². The maximum absolute atomic E-state index is 9.87. The van der Waals surface area contributed by atoms with E-state index in [1.807, 2.05) is 12.1 Å². The first-order valence-corrected chi connectivity index (χ1v) is 4.68. The van der Waals surface area contributed by atoms with E-state index in [1.54, 1.807) is 6.08 Å². The van der Waals surface area contributed by atoms with Gasteiger partial charge in [0.15, 0.2) is 0 Å². The van der Waals surface area contributed by atoms with Crippen LogP contribution in [0.25, 0.3) is 0 Å². The summed E-state index contributed by atoms with van der Waals surface area (Å²) in [5.41, 5.74) is 2.46. The van der Waals surface area contributed by atoms with Crippen LogP contribution >= 0.6 is 0 Å². The van der Waals surface area contributed by atoms with E-state index in [1.165, 1.54) is 11.1 Å². The summed E-state index contributed by atoms with van der Waals surface area (Å²) in [4.78, 5) is 13.4. The van der Waals surface area contributed by atoms with E-state index in [2.05, 4.69) is 11.1 Å². The molecule has 1 aliphatic rings. The number of fused-ring (bicyclic) bond motifs is 1. The van der Waals surface area contributed by atoms with Gasteiger partial charge in [-0.2, -0.15) is 0 Å². The Morgan fingerprint density at radius 3 is 3.29 bits per heavy atom. The molecule has 1 aromatic carbocycles. The van der Waals surface area contributed by atoms with Crippen LogP contribution in [-0.2, 0) is 17.6 Å². The molecule has 0 unspecified atom stereocenters. The fourth-order valence-electron chi connectivity index (χ4n) is 1.63. The number of ether oxygens (including phenoxy) is 1. The van der Waals surface area contributed by atoms with Crippen LogP contribution in [0.2, 0.25) is 0 Å². The van der Waals surface area contributed by atoms with Gasteiger partial charge in [0.25, 0.3) is 0 Å². The Morgan fingerprint density at radius 1 is 1.50 bits per heavy atom. The monoisotopic (exact) mass is 189 g/mol. The molecule has 1 heterocycles. The molecule has 0 amide bonds. The van der Waals surface area contributed by atoms with Crippen molar-refractivity contribution in [3.05, 3.63) is 29.3 Å². The zero-order valence-electron chi connectivity index (χ0n) is 7.82. The van der Waals surface area contributed by atoms with E-state index < -0.39 is 0 Å². The van der Waals surface area contributed by atoms with Gasteiger partial charge in [-0.05, 0) is 23.6 Å². The van der Waals surface area contributed by atoms with Crippen molar-refractivity contribution in [2.24, 2.45) is 4.99 Å². The molecular formula is C11H11NO2. The molecule has 72 valence electrons. The molecule has 2 rings (SSSR count). The number of hydrogen-bond acceptors (Lipinski definition) is 3. The maximum atomic E-state index is 9.87. The number of hydrogen-bond donors (Lipinski definition) is 0. The Balaban J connectivity index is 2.08. The van der Waals surface area contributed by atoms with Gasteiger partial charge >= 0.3 is 0 Å². The topological polar surface area (TPSA) is 38.7 Å². The summed E-state index contributed by atoms with van der Waals surface area (Å²) in [6, 6.07) is 6.13. The SMILES string of the molecule is O=C=NCCc1ccc2c(c1)CCO2. The maximum Gasteiger partial charge on any atom is 0.234 e. The summed E-state index contributed by atoms with van der Waals surface area (Å²) in [6.45, 7) is 1.30. The average molecular weight is 189 g/mol. The minimum absolute atomic E-state index is 0.517. The first-order valence-electron chi connectivity index (χ1n) is 4.68. The van der Waals surface area contributed by atoms with Crippen LogP contribution in [0.1, 0.15) is 11.1 Å². The Kier molecular flexibility index (Phi) is 2.61. The van der Waals surface area contributed by atoms with Gasteiger partial charge in [-0.25, -0.2) is 9.79 Å². The molecule has 0 spiro atoms. The summed E-state index contributed by atoms with van der Waals surface area (Å²) in [6.07, 6.45) is 3.32. The highest BCUT2D eigenvalue weighted by Gasteiger charge is 2.11. The normalized spacial score (nSPS) is 12.9. The van der Waals surface area contributed by atoms with Gasteiger partial charge in [0.05, 0.1) is 13.2 Å². The first kappa shape index (κ1) is 8.97. The molecule has 3 nitrogen and oxygen atoms in total. The third-order valence-electron chi connectivity index (χ3n) is 2.33. The van der Waals surface area contributed by atoms with E-state index in [0.717, 1.165) is 25.2 Å². The van der Waals surface area contributed by atoms with E-state index >= 15 is 0 Å². The van der Waals surface area contributed by atoms with Crippen LogP contribution in [0.3, 0.4) is 0 Å². The molecule has 0 fully saturated rings. The summed E-state index contributed by atoms with van der Waals surface area (Å²) in [7, 11) is 0. The molecule has 0 atom stereocenters. The zero-order valence-corrected chi connectivity index (χ0v) is 7.82. The molecule has 0 aromatic heterocycles. The molecule has 0 saturated carbocycles. The lowest BCUT2D eigenvalue weighted by atomic mass is 10.1. The Morgan fingerprint density at radius 2 is 2.43 bits per heavy atom. The van der Waals surface area contributed by atoms with Gasteiger partial charge in [0, 0.05) is 6.42 Å². The molecule has 1 aromatic rings. The number of nitrogens with zero attached hydrogens (tertiary/aromatic N) is 1. The third-order valence-corrected chi connectivity index (χ3v) is 2.33. The summed E-state index contributed by atoms with van der Waals surface area (Å²) in [5.74, 6) is 0.993. The molecule has 1 aliphatic heterocycles. The third kappa shape index (κ3) is 1.83. The van der Waals surface area contributed by atoms with Crippen molar-refractivity contribution in [3.63, 3.8) is 0 Å². The second-order valence-electron chi connectivity index (χ2n) is 3.26. The Labute approximate surface area is 82.4 Å². The number of rotatable bonds is 3. The highest BCUT2D eigenvalue weighted by Crippen LogP contribution is 2.25. The minimum atomic E-state index is 0.517. The Bertz CT molecular complexity index is 381. The highest BCUT2D eigenvalue weighted by atomic mass is 16.5. The van der Waals surface area contributed by atoms with Gasteiger partial charge in [0.1, 0.15) is 5.75 Å². The largest absolute Gasteiger partial charge is 0.493 e. The minimum Gasteiger partial charge on any atom is -0.493 e. The summed E-state index contributed by atoms with van der Waals surface area (Å²) < 4.78 is 5.39. The summed E-state index contributed by atoms with van der Waals surface area (Å²) in [5, 5.41) is 0. The molecule has 3 heteroatoms. The molecule has 14 heavy (non-hydrogen) atoms. The second-order valence-corrected chi connectivity index (χ2v) is 3.26. The predicted octanol–water partition coefficient (Wildman–Crippen LogP) is 1.50. The van der Waals surface area contributed by atoms with Gasteiger partial charge in [0.2, 0.25) is 6.08 Å². The average Bonchev–Trinajstić information content (AvgIpc) is 2.65. The van der Waals surface area contributed by atoms with Crippen molar-refractivity contribution in [1.82, 2.24) is 0 Å². The smallest absolute Gasteiger partial charge is 0.234 e. The molecule has 0 aliphatic carbocycles. The van der Waals surface area contributed by atoms with E-state index in [-0.39, 0.29) is 0 Å². The fourth-order valence-corrected chi connectivity index (χ4v) is 1.63.